The van der Waals surface area contributed by atoms with Crippen LogP contribution in [0.5, 0.6) is 5.75 Å². The van der Waals surface area contributed by atoms with Crippen molar-refractivity contribution in [3.05, 3.63) is 45.7 Å². The number of aryl methyl sites for hydroxylation is 2. The molecule has 4 nitrogen and oxygen atoms in total. The molecule has 0 saturated carbocycles. The standard InChI is InChI=1S/C16H20ClN3O/c1-10-6-15(20(3)19-10)14(18-2)9-12-8-13(17)7-11-4-5-21-16(11)12/h6-8,14,18H,4-5,9H2,1-3H3. The van der Waals surface area contributed by atoms with Gasteiger partial charge in [0.25, 0.3) is 0 Å². The Labute approximate surface area is 130 Å². The summed E-state index contributed by atoms with van der Waals surface area (Å²) in [6.07, 6.45) is 1.77. The second-order valence-electron chi connectivity index (χ2n) is 5.53. The molecule has 1 aromatic carbocycles. The molecule has 0 saturated heterocycles. The Bertz CT molecular complexity index is 666. The highest BCUT2D eigenvalue weighted by Gasteiger charge is 2.22. The van der Waals surface area contributed by atoms with E-state index >= 15 is 0 Å². The number of hydrogen-bond acceptors (Lipinski definition) is 3. The highest BCUT2D eigenvalue weighted by molar-refractivity contribution is 6.30. The highest BCUT2D eigenvalue weighted by Crippen LogP contribution is 2.35. The van der Waals surface area contributed by atoms with Gasteiger partial charge in [-0.05, 0) is 49.7 Å². The minimum atomic E-state index is 0.183. The number of benzene rings is 1. The molecule has 21 heavy (non-hydrogen) atoms. The number of likely N-dealkylation sites (N-methyl/N-ethyl adjacent to an activating group) is 1. The smallest absolute Gasteiger partial charge is 0.125 e. The van der Waals surface area contributed by atoms with Crippen LogP contribution in [-0.4, -0.2) is 23.4 Å². The Balaban J connectivity index is 1.93. The van der Waals surface area contributed by atoms with Crippen molar-refractivity contribution in [2.45, 2.75) is 25.8 Å². The molecular formula is C16H20ClN3O. The van der Waals surface area contributed by atoms with Crippen LogP contribution < -0.4 is 10.1 Å². The number of hydrogen-bond donors (Lipinski definition) is 1. The maximum atomic E-state index is 6.24. The summed E-state index contributed by atoms with van der Waals surface area (Å²) in [4.78, 5) is 0. The summed E-state index contributed by atoms with van der Waals surface area (Å²) in [5.41, 5.74) is 4.57. The van der Waals surface area contributed by atoms with Crippen LogP contribution in [0.1, 0.15) is 28.6 Å². The molecule has 2 heterocycles. The lowest BCUT2D eigenvalue weighted by molar-refractivity contribution is 0.351. The molecule has 1 aliphatic rings. The average Bonchev–Trinajstić information content (AvgIpc) is 3.02. The first kappa shape index (κ1) is 14.4. The zero-order valence-electron chi connectivity index (χ0n) is 12.6. The number of aromatic nitrogens is 2. The molecular weight excluding hydrogens is 286 g/mol. The lowest BCUT2D eigenvalue weighted by Gasteiger charge is -2.18. The predicted octanol–water partition coefficient (Wildman–Crippen LogP) is 2.82. The zero-order valence-corrected chi connectivity index (χ0v) is 13.4. The van der Waals surface area contributed by atoms with E-state index in [-0.39, 0.29) is 6.04 Å². The van der Waals surface area contributed by atoms with Crippen LogP contribution in [0.15, 0.2) is 18.2 Å². The minimum Gasteiger partial charge on any atom is -0.493 e. The van der Waals surface area contributed by atoms with E-state index in [4.69, 9.17) is 16.3 Å². The van der Waals surface area contributed by atoms with Gasteiger partial charge >= 0.3 is 0 Å². The number of nitrogens with zero attached hydrogens (tertiary/aromatic N) is 2. The monoisotopic (exact) mass is 305 g/mol. The van der Waals surface area contributed by atoms with Crippen LogP contribution in [-0.2, 0) is 19.9 Å². The number of ether oxygens (including phenoxy) is 1. The molecule has 1 unspecified atom stereocenters. The lowest BCUT2D eigenvalue weighted by Crippen LogP contribution is -2.21. The number of nitrogens with one attached hydrogen (secondary N) is 1. The Kier molecular flexibility index (Phi) is 3.91. The van der Waals surface area contributed by atoms with Crippen molar-refractivity contribution in [3.8, 4) is 5.75 Å². The van der Waals surface area contributed by atoms with Crippen molar-refractivity contribution < 1.29 is 4.74 Å². The molecule has 1 aromatic heterocycles. The van der Waals surface area contributed by atoms with Crippen molar-refractivity contribution in [3.63, 3.8) is 0 Å². The molecule has 1 aliphatic heterocycles. The lowest BCUT2D eigenvalue weighted by atomic mass is 9.99. The number of fused-ring (bicyclic) bond motifs is 1. The molecule has 2 aromatic rings. The first-order valence-corrected chi connectivity index (χ1v) is 7.58. The fraction of sp³-hybridized carbons (Fsp3) is 0.438. The van der Waals surface area contributed by atoms with Gasteiger partial charge in [-0.1, -0.05) is 11.6 Å². The van der Waals surface area contributed by atoms with Gasteiger partial charge in [0.1, 0.15) is 5.75 Å². The van der Waals surface area contributed by atoms with E-state index in [0.717, 1.165) is 41.5 Å². The van der Waals surface area contributed by atoms with Crippen LogP contribution in [0, 0.1) is 6.92 Å². The van der Waals surface area contributed by atoms with E-state index < -0.39 is 0 Å². The van der Waals surface area contributed by atoms with E-state index in [1.807, 2.05) is 37.8 Å². The zero-order chi connectivity index (χ0) is 15.0. The van der Waals surface area contributed by atoms with Gasteiger partial charge in [-0.2, -0.15) is 5.10 Å². The molecule has 0 radical (unpaired) electrons. The summed E-state index contributed by atoms with van der Waals surface area (Å²) in [6, 6.07) is 6.32. The number of halogens is 1. The maximum absolute atomic E-state index is 6.24. The van der Waals surface area contributed by atoms with Crippen molar-refractivity contribution in [1.29, 1.82) is 0 Å². The van der Waals surface area contributed by atoms with E-state index in [2.05, 4.69) is 16.5 Å². The van der Waals surface area contributed by atoms with Gasteiger partial charge in [0.05, 0.1) is 24.0 Å². The Morgan fingerprint density at radius 2 is 2.24 bits per heavy atom. The quantitative estimate of drug-likeness (QED) is 0.944. The van der Waals surface area contributed by atoms with Gasteiger partial charge in [-0.3, -0.25) is 4.68 Å². The Hall–Kier alpha value is -1.52. The Morgan fingerprint density at radius 1 is 1.43 bits per heavy atom. The molecule has 1 atom stereocenters. The molecule has 112 valence electrons. The summed E-state index contributed by atoms with van der Waals surface area (Å²) in [5, 5.41) is 8.59. The average molecular weight is 306 g/mol. The van der Waals surface area contributed by atoms with Crippen LogP contribution >= 0.6 is 11.6 Å². The third-order valence-electron chi connectivity index (χ3n) is 3.99. The van der Waals surface area contributed by atoms with Gasteiger partial charge in [0, 0.05) is 18.5 Å². The normalized spacial score (nSPS) is 14.9. The van der Waals surface area contributed by atoms with Crippen molar-refractivity contribution >= 4 is 11.6 Å². The van der Waals surface area contributed by atoms with Gasteiger partial charge in [-0.15, -0.1) is 0 Å². The molecule has 0 bridgehead atoms. The summed E-state index contributed by atoms with van der Waals surface area (Å²) in [6.45, 7) is 2.76. The van der Waals surface area contributed by atoms with Gasteiger partial charge in [0.2, 0.25) is 0 Å². The van der Waals surface area contributed by atoms with Gasteiger partial charge < -0.3 is 10.1 Å². The third-order valence-corrected chi connectivity index (χ3v) is 4.21. The fourth-order valence-corrected chi connectivity index (χ4v) is 3.29. The molecule has 0 spiro atoms. The van der Waals surface area contributed by atoms with Gasteiger partial charge in [-0.25, -0.2) is 0 Å². The SMILES string of the molecule is CNC(Cc1cc(Cl)cc2c1OCC2)c1cc(C)nn1C. The maximum Gasteiger partial charge on any atom is 0.125 e. The summed E-state index contributed by atoms with van der Waals surface area (Å²) in [7, 11) is 3.95. The van der Waals surface area contributed by atoms with E-state index in [1.165, 1.54) is 11.3 Å². The predicted molar refractivity (Wildman–Crippen MR) is 84.1 cm³/mol. The van der Waals surface area contributed by atoms with E-state index in [1.54, 1.807) is 0 Å². The molecule has 5 heteroatoms. The topological polar surface area (TPSA) is 39.1 Å². The second-order valence-corrected chi connectivity index (χ2v) is 5.97. The van der Waals surface area contributed by atoms with Crippen molar-refractivity contribution in [2.24, 2.45) is 7.05 Å². The second kappa shape index (κ2) is 5.70. The van der Waals surface area contributed by atoms with Crippen molar-refractivity contribution in [1.82, 2.24) is 15.1 Å². The molecule has 3 rings (SSSR count). The molecule has 0 amide bonds. The summed E-state index contributed by atoms with van der Waals surface area (Å²) >= 11 is 6.24. The number of rotatable bonds is 4. The summed E-state index contributed by atoms with van der Waals surface area (Å²) < 4.78 is 7.73. The molecule has 0 fully saturated rings. The fourth-order valence-electron chi connectivity index (χ4n) is 3.03. The van der Waals surface area contributed by atoms with Gasteiger partial charge in [0.15, 0.2) is 0 Å². The Morgan fingerprint density at radius 3 is 2.90 bits per heavy atom. The third kappa shape index (κ3) is 2.78. The molecule has 0 aliphatic carbocycles. The van der Waals surface area contributed by atoms with E-state index in [9.17, 15) is 0 Å². The van der Waals surface area contributed by atoms with Crippen LogP contribution in [0.25, 0.3) is 0 Å². The van der Waals surface area contributed by atoms with Crippen LogP contribution in [0.3, 0.4) is 0 Å². The van der Waals surface area contributed by atoms with E-state index in [0.29, 0.717) is 0 Å². The van der Waals surface area contributed by atoms with Crippen LogP contribution in [0.2, 0.25) is 5.02 Å². The van der Waals surface area contributed by atoms with Crippen molar-refractivity contribution in [2.75, 3.05) is 13.7 Å². The first-order valence-electron chi connectivity index (χ1n) is 7.20. The molecule has 1 N–H and O–H groups in total. The first-order chi connectivity index (χ1) is 10.1. The minimum absolute atomic E-state index is 0.183. The summed E-state index contributed by atoms with van der Waals surface area (Å²) in [5.74, 6) is 1.01. The van der Waals surface area contributed by atoms with Crippen LogP contribution in [0.4, 0.5) is 0 Å². The highest BCUT2D eigenvalue weighted by atomic mass is 35.5. The largest absolute Gasteiger partial charge is 0.493 e.